The molecule has 1 aliphatic heterocycles. The lowest BCUT2D eigenvalue weighted by Crippen LogP contribution is -2.48. The minimum atomic E-state index is 0.118. The molecule has 0 fully saturated rings. The number of rotatable bonds is 3. The van der Waals surface area contributed by atoms with Gasteiger partial charge in [-0.1, -0.05) is 32.9 Å². The summed E-state index contributed by atoms with van der Waals surface area (Å²) < 4.78 is 0. The van der Waals surface area contributed by atoms with Crippen LogP contribution in [0.2, 0.25) is 0 Å². The number of aliphatic imine (C=N–C) groups is 2. The van der Waals surface area contributed by atoms with Gasteiger partial charge >= 0.3 is 0 Å². The van der Waals surface area contributed by atoms with Crippen molar-refractivity contribution in [3.8, 4) is 0 Å². The summed E-state index contributed by atoms with van der Waals surface area (Å²) in [5.41, 5.74) is 1.09. The summed E-state index contributed by atoms with van der Waals surface area (Å²) in [5, 5.41) is 3.08. The Morgan fingerprint density at radius 1 is 1.59 bits per heavy atom. The average molecular weight is 238 g/mol. The van der Waals surface area contributed by atoms with Gasteiger partial charge in [0, 0.05) is 7.05 Å². The predicted molar refractivity (Wildman–Crippen MR) is 76.7 cm³/mol. The van der Waals surface area contributed by atoms with E-state index in [0.29, 0.717) is 0 Å². The van der Waals surface area contributed by atoms with Crippen molar-refractivity contribution in [2.75, 3.05) is 20.6 Å². The summed E-state index contributed by atoms with van der Waals surface area (Å²) in [4.78, 5) is 10.9. The van der Waals surface area contributed by atoms with Gasteiger partial charge in [-0.25, -0.2) is 0 Å². The lowest BCUT2D eigenvalue weighted by Gasteiger charge is -2.34. The highest BCUT2D eigenvalue weighted by Gasteiger charge is 2.31. The molecule has 98 valence electrons. The summed E-state index contributed by atoms with van der Waals surface area (Å²) >= 11 is 0. The maximum atomic E-state index is 4.45. The average Bonchev–Trinajstić information content (AvgIpc) is 2.38. The van der Waals surface area contributed by atoms with Gasteiger partial charge in [-0.2, -0.15) is 0 Å². The Morgan fingerprint density at radius 2 is 2.18 bits per heavy atom. The number of hydrogen-bond donors (Lipinski definition) is 1. The van der Waals surface area contributed by atoms with Crippen molar-refractivity contribution in [2.24, 2.45) is 15.9 Å². The second kappa shape index (κ2) is 8.01. The topological polar surface area (TPSA) is 40.0 Å². The van der Waals surface area contributed by atoms with Crippen molar-refractivity contribution in [1.29, 1.82) is 0 Å². The van der Waals surface area contributed by atoms with Gasteiger partial charge in [0.25, 0.3) is 0 Å². The first kappa shape index (κ1) is 15.8. The first-order chi connectivity index (χ1) is 8.11. The van der Waals surface area contributed by atoms with E-state index in [0.717, 1.165) is 18.0 Å². The maximum absolute atomic E-state index is 4.45. The van der Waals surface area contributed by atoms with Crippen LogP contribution in [0.5, 0.6) is 0 Å². The second-order valence-corrected chi connectivity index (χ2v) is 3.84. The third-order valence-corrected chi connectivity index (χ3v) is 2.75. The summed E-state index contributed by atoms with van der Waals surface area (Å²) in [6, 6.07) is 0. The molecule has 4 nitrogen and oxygen atoms in total. The quantitative estimate of drug-likeness (QED) is 0.765. The minimum Gasteiger partial charge on any atom is -0.335 e. The van der Waals surface area contributed by atoms with Gasteiger partial charge in [-0.05, 0) is 20.5 Å². The van der Waals surface area contributed by atoms with Crippen LogP contribution in [0.25, 0.3) is 0 Å². The van der Waals surface area contributed by atoms with Gasteiger partial charge in [-0.15, -0.1) is 0 Å². The molecule has 0 spiro atoms. The van der Waals surface area contributed by atoms with E-state index in [1.54, 1.807) is 13.4 Å². The molecule has 0 aromatic rings. The Bertz CT molecular complexity index is 294. The SMILES string of the molecule is C=C(C)C1C(=NC)NC=NC1N(C)CC.CC. The fourth-order valence-corrected chi connectivity index (χ4v) is 1.74. The Balaban J connectivity index is 0.00000121. The van der Waals surface area contributed by atoms with E-state index >= 15 is 0 Å². The van der Waals surface area contributed by atoms with E-state index in [1.165, 1.54) is 0 Å². The second-order valence-electron chi connectivity index (χ2n) is 3.84. The van der Waals surface area contributed by atoms with Crippen LogP contribution in [-0.4, -0.2) is 43.9 Å². The zero-order chi connectivity index (χ0) is 13.4. The highest BCUT2D eigenvalue weighted by atomic mass is 15.3. The van der Waals surface area contributed by atoms with Crippen LogP contribution in [0.1, 0.15) is 27.7 Å². The molecular formula is C13H26N4. The summed E-state index contributed by atoms with van der Waals surface area (Å²) in [5.74, 6) is 1.12. The van der Waals surface area contributed by atoms with E-state index in [4.69, 9.17) is 0 Å². The molecule has 0 saturated heterocycles. The molecular weight excluding hydrogens is 212 g/mol. The van der Waals surface area contributed by atoms with Crippen molar-refractivity contribution in [3.05, 3.63) is 12.2 Å². The Morgan fingerprint density at radius 3 is 2.59 bits per heavy atom. The lowest BCUT2D eigenvalue weighted by molar-refractivity contribution is 0.233. The molecule has 0 aromatic heterocycles. The molecule has 2 atom stereocenters. The molecule has 0 aliphatic carbocycles. The molecule has 0 bridgehead atoms. The first-order valence-corrected chi connectivity index (χ1v) is 6.22. The van der Waals surface area contributed by atoms with Crippen molar-refractivity contribution in [3.63, 3.8) is 0 Å². The van der Waals surface area contributed by atoms with Gasteiger partial charge in [0.2, 0.25) is 0 Å². The number of amidine groups is 1. The Labute approximate surface area is 106 Å². The summed E-state index contributed by atoms with van der Waals surface area (Å²) in [7, 11) is 3.86. The maximum Gasteiger partial charge on any atom is 0.117 e. The zero-order valence-corrected chi connectivity index (χ0v) is 12.0. The lowest BCUT2D eigenvalue weighted by atomic mass is 9.95. The predicted octanol–water partition coefficient (Wildman–Crippen LogP) is 2.14. The van der Waals surface area contributed by atoms with Gasteiger partial charge in [-0.3, -0.25) is 14.9 Å². The third kappa shape index (κ3) is 3.97. The Hall–Kier alpha value is -1.16. The fourth-order valence-electron chi connectivity index (χ4n) is 1.74. The molecule has 4 heteroatoms. The van der Waals surface area contributed by atoms with Crippen LogP contribution in [0.15, 0.2) is 22.1 Å². The molecule has 1 aliphatic rings. The van der Waals surface area contributed by atoms with Gasteiger partial charge in [0.1, 0.15) is 12.0 Å². The molecule has 0 radical (unpaired) electrons. The number of nitrogens with zero attached hydrogens (tertiary/aromatic N) is 3. The van der Waals surface area contributed by atoms with Gasteiger partial charge in [0.15, 0.2) is 0 Å². The number of hydrogen-bond acceptors (Lipinski definition) is 3. The van der Waals surface area contributed by atoms with Crippen LogP contribution in [-0.2, 0) is 0 Å². The Kier molecular flexibility index (Phi) is 7.46. The van der Waals surface area contributed by atoms with Crippen molar-refractivity contribution in [2.45, 2.75) is 33.9 Å². The molecule has 1 rings (SSSR count). The summed E-state index contributed by atoms with van der Waals surface area (Å²) in [6.07, 6.45) is 1.84. The molecule has 1 heterocycles. The van der Waals surface area contributed by atoms with E-state index in [2.05, 4.69) is 40.8 Å². The monoisotopic (exact) mass is 238 g/mol. The molecule has 0 aromatic carbocycles. The fraction of sp³-hybridized carbons (Fsp3) is 0.692. The van der Waals surface area contributed by atoms with E-state index in [9.17, 15) is 0 Å². The molecule has 0 saturated carbocycles. The minimum absolute atomic E-state index is 0.118. The van der Waals surface area contributed by atoms with Crippen LogP contribution >= 0.6 is 0 Å². The van der Waals surface area contributed by atoms with E-state index in [1.807, 2.05) is 20.8 Å². The molecule has 0 amide bonds. The molecule has 1 N–H and O–H groups in total. The largest absolute Gasteiger partial charge is 0.335 e. The molecule has 2 unspecified atom stereocenters. The van der Waals surface area contributed by atoms with Crippen LogP contribution < -0.4 is 5.32 Å². The van der Waals surface area contributed by atoms with E-state index in [-0.39, 0.29) is 12.1 Å². The van der Waals surface area contributed by atoms with E-state index < -0.39 is 0 Å². The first-order valence-electron chi connectivity index (χ1n) is 6.22. The van der Waals surface area contributed by atoms with Crippen LogP contribution in [0.4, 0.5) is 0 Å². The zero-order valence-electron chi connectivity index (χ0n) is 12.0. The molecule has 17 heavy (non-hydrogen) atoms. The normalized spacial score (nSPS) is 25.2. The van der Waals surface area contributed by atoms with Crippen molar-refractivity contribution >= 4 is 12.2 Å². The highest BCUT2D eigenvalue weighted by molar-refractivity contribution is 5.97. The third-order valence-electron chi connectivity index (χ3n) is 2.75. The summed E-state index contributed by atoms with van der Waals surface area (Å²) in [6.45, 7) is 13.1. The van der Waals surface area contributed by atoms with Crippen LogP contribution in [0, 0.1) is 5.92 Å². The number of nitrogens with one attached hydrogen (secondary N) is 1. The smallest absolute Gasteiger partial charge is 0.117 e. The van der Waals surface area contributed by atoms with Crippen molar-refractivity contribution < 1.29 is 0 Å². The van der Waals surface area contributed by atoms with Gasteiger partial charge < -0.3 is 5.32 Å². The van der Waals surface area contributed by atoms with Crippen molar-refractivity contribution in [1.82, 2.24) is 10.2 Å². The van der Waals surface area contributed by atoms with Gasteiger partial charge in [0.05, 0.1) is 12.3 Å². The standard InChI is InChI=1S/C11H20N4.C2H6/c1-6-15(5)11-9(8(2)3)10(12-4)13-7-14-11;1-2/h7,9,11H,2,6H2,1,3-5H3,(H,12,13,14);1-2H3. The van der Waals surface area contributed by atoms with Crippen LogP contribution in [0.3, 0.4) is 0 Å². The highest BCUT2D eigenvalue weighted by Crippen LogP contribution is 2.21.